The molecule has 0 saturated heterocycles. The molecule has 5 heteroatoms. The summed E-state index contributed by atoms with van der Waals surface area (Å²) >= 11 is 0. The number of anilines is 1. The Morgan fingerprint density at radius 3 is 2.57 bits per heavy atom. The molecule has 4 nitrogen and oxygen atoms in total. The summed E-state index contributed by atoms with van der Waals surface area (Å²) in [5.74, 6) is 2.03. The molecule has 0 fully saturated rings. The largest absolute Gasteiger partial charge is 0.461 e. The van der Waals surface area contributed by atoms with Crippen LogP contribution in [0.2, 0.25) is 25.7 Å². The first-order chi connectivity index (χ1) is 17.2. The topological polar surface area (TPSA) is 40.6 Å². The van der Waals surface area contributed by atoms with Gasteiger partial charge in [-0.2, -0.15) is 0 Å². The van der Waals surface area contributed by atoms with Crippen molar-refractivity contribution >= 4 is 19.8 Å². The molecule has 194 valence electrons. The van der Waals surface area contributed by atoms with Gasteiger partial charge in [0.2, 0.25) is 0 Å². The number of hydrogen-bond donors (Lipinski definition) is 0. The first-order valence-corrected chi connectivity index (χ1v) is 17.2. The quantitative estimate of drug-likeness (QED) is 0.231. The van der Waals surface area contributed by atoms with E-state index < -0.39 is 8.07 Å². The van der Waals surface area contributed by atoms with E-state index >= 15 is 0 Å². The lowest BCUT2D eigenvalue weighted by Crippen LogP contribution is -2.42. The minimum atomic E-state index is -1.22. The first-order valence-electron chi connectivity index (χ1n) is 13.5. The average Bonchev–Trinajstić information content (AvgIpc) is 2.80. The summed E-state index contributed by atoms with van der Waals surface area (Å²) in [5.41, 5.74) is 6.27. The highest BCUT2D eigenvalue weighted by Gasteiger charge is 2.38. The molecule has 0 saturated carbocycles. The Morgan fingerprint density at radius 2 is 1.95 bits per heavy atom. The molecule has 0 radical (unpaired) electrons. The monoisotopic (exact) mass is 511 g/mol. The van der Waals surface area contributed by atoms with Crippen LogP contribution in [0.1, 0.15) is 70.1 Å². The van der Waals surface area contributed by atoms with Crippen LogP contribution in [0.15, 0.2) is 53.1 Å². The highest BCUT2D eigenvalue weighted by atomic mass is 28.3. The third-order valence-electron chi connectivity index (χ3n) is 7.74. The molecule has 3 aliphatic rings. The number of nitriles is 1. The SMILES string of the molecule is [C-]#[N+]/C(C#N)=C1C=C(/C=C/c2cc3c4c(c2)C(C)(C)CCN4CCC3C[Si](C)(C)C)OC(C(C)(C)C)=C\1. The third kappa shape index (κ3) is 5.78. The fourth-order valence-electron chi connectivity index (χ4n) is 5.70. The number of nitrogens with zero attached hydrogens (tertiary/aromatic N) is 3. The minimum absolute atomic E-state index is 0.0881. The van der Waals surface area contributed by atoms with Gasteiger partial charge in [-0.15, -0.1) is 0 Å². The Hall–Kier alpha value is -3.02. The van der Waals surface area contributed by atoms with E-state index in [2.05, 4.69) is 82.2 Å². The second-order valence-electron chi connectivity index (χ2n) is 13.6. The molecule has 3 heterocycles. The molecule has 0 bridgehead atoms. The van der Waals surface area contributed by atoms with Gasteiger partial charge in [0.1, 0.15) is 11.5 Å². The molecule has 4 rings (SSSR count). The van der Waals surface area contributed by atoms with Gasteiger partial charge in [0, 0.05) is 32.3 Å². The summed E-state index contributed by atoms with van der Waals surface area (Å²) in [4.78, 5) is 6.06. The lowest BCUT2D eigenvalue weighted by Gasteiger charge is -2.46. The second-order valence-corrected chi connectivity index (χ2v) is 19.2. The van der Waals surface area contributed by atoms with Crippen molar-refractivity contribution in [2.75, 3.05) is 18.0 Å². The van der Waals surface area contributed by atoms with Crippen molar-refractivity contribution in [3.63, 3.8) is 0 Å². The molecule has 37 heavy (non-hydrogen) atoms. The van der Waals surface area contributed by atoms with Gasteiger partial charge in [0.15, 0.2) is 0 Å². The van der Waals surface area contributed by atoms with Crippen LogP contribution >= 0.6 is 0 Å². The lowest BCUT2D eigenvalue weighted by atomic mass is 9.73. The van der Waals surface area contributed by atoms with Gasteiger partial charge >= 0.3 is 0 Å². The van der Waals surface area contributed by atoms with Gasteiger partial charge in [0.05, 0.1) is 12.6 Å². The van der Waals surface area contributed by atoms with E-state index in [9.17, 15) is 5.26 Å². The van der Waals surface area contributed by atoms with Crippen LogP contribution in [-0.4, -0.2) is 21.2 Å². The van der Waals surface area contributed by atoms with E-state index in [0.717, 1.165) is 12.3 Å². The molecular formula is C32H41N3OSi. The molecule has 0 spiro atoms. The zero-order valence-corrected chi connectivity index (χ0v) is 24.8. The van der Waals surface area contributed by atoms with Crippen molar-refractivity contribution in [3.8, 4) is 6.07 Å². The Bertz CT molecular complexity index is 1280. The van der Waals surface area contributed by atoms with Crippen molar-refractivity contribution in [3.05, 3.63) is 81.3 Å². The van der Waals surface area contributed by atoms with Crippen LogP contribution in [0.3, 0.4) is 0 Å². The zero-order valence-electron chi connectivity index (χ0n) is 23.8. The minimum Gasteiger partial charge on any atom is -0.461 e. The maximum absolute atomic E-state index is 9.47. The molecule has 1 aromatic carbocycles. The number of hydrogen-bond acceptors (Lipinski definition) is 3. The van der Waals surface area contributed by atoms with Crippen molar-refractivity contribution in [2.45, 2.75) is 84.5 Å². The third-order valence-corrected chi connectivity index (χ3v) is 9.46. The van der Waals surface area contributed by atoms with Crippen LogP contribution in [0.5, 0.6) is 0 Å². The number of benzene rings is 1. The van der Waals surface area contributed by atoms with Gasteiger partial charge < -0.3 is 9.64 Å². The molecular weight excluding hydrogens is 470 g/mol. The molecule has 0 N–H and O–H groups in total. The average molecular weight is 512 g/mol. The summed E-state index contributed by atoms with van der Waals surface area (Å²) in [6.45, 7) is 28.2. The highest BCUT2D eigenvalue weighted by Crippen LogP contribution is 2.49. The van der Waals surface area contributed by atoms with E-state index in [4.69, 9.17) is 11.3 Å². The maximum Gasteiger partial charge on any atom is 0.269 e. The molecule has 1 atom stereocenters. The predicted octanol–water partition coefficient (Wildman–Crippen LogP) is 8.55. The van der Waals surface area contributed by atoms with Gasteiger partial charge in [-0.25, -0.2) is 10.1 Å². The van der Waals surface area contributed by atoms with Gasteiger partial charge in [0.25, 0.3) is 5.70 Å². The lowest BCUT2D eigenvalue weighted by molar-refractivity contribution is 0.223. The smallest absolute Gasteiger partial charge is 0.269 e. The summed E-state index contributed by atoms with van der Waals surface area (Å²) < 4.78 is 6.25. The Morgan fingerprint density at radius 1 is 1.22 bits per heavy atom. The van der Waals surface area contributed by atoms with Crippen LogP contribution in [-0.2, 0) is 10.2 Å². The van der Waals surface area contributed by atoms with E-state index in [1.54, 1.807) is 0 Å². The van der Waals surface area contributed by atoms with Crippen LogP contribution in [0.4, 0.5) is 5.69 Å². The van der Waals surface area contributed by atoms with E-state index in [1.807, 2.05) is 24.3 Å². The van der Waals surface area contributed by atoms with Gasteiger partial charge in [-0.05, 0) is 76.8 Å². The fourth-order valence-corrected chi connectivity index (χ4v) is 7.60. The summed E-state index contributed by atoms with van der Waals surface area (Å²) in [7, 11) is -1.22. The predicted molar refractivity (Wildman–Crippen MR) is 157 cm³/mol. The van der Waals surface area contributed by atoms with Crippen molar-refractivity contribution < 1.29 is 4.74 Å². The summed E-state index contributed by atoms with van der Waals surface area (Å²) in [5, 5.41) is 9.47. The van der Waals surface area contributed by atoms with Crippen LogP contribution < -0.4 is 4.90 Å². The van der Waals surface area contributed by atoms with Crippen molar-refractivity contribution in [1.29, 1.82) is 5.26 Å². The number of ether oxygens (including phenoxy) is 1. The van der Waals surface area contributed by atoms with Crippen LogP contribution in [0.25, 0.3) is 10.9 Å². The maximum atomic E-state index is 9.47. The van der Waals surface area contributed by atoms with E-state index in [0.29, 0.717) is 17.3 Å². The normalized spacial score (nSPS) is 22.3. The molecule has 1 unspecified atom stereocenters. The summed E-state index contributed by atoms with van der Waals surface area (Å²) in [6.07, 6.45) is 10.2. The first kappa shape index (κ1) is 27.0. The molecule has 0 amide bonds. The zero-order chi connectivity index (χ0) is 27.2. The van der Waals surface area contributed by atoms with Crippen molar-refractivity contribution in [2.24, 2.45) is 5.41 Å². The Kier molecular flexibility index (Phi) is 7.08. The standard InChI is InChI=1S/C32H41N3OSi/c1-31(2,3)29-19-24(28(20-33)34-6)18-25(36-29)11-10-22-16-26-23(21-37(7,8)9)12-14-35-15-13-32(4,5)27(17-22)30(26)35/h10-11,16-19,23H,12-15,21H2,1-5,7-9H3/b11-10+,28-24+. The summed E-state index contributed by atoms with van der Waals surface area (Å²) in [6, 6.07) is 8.14. The number of rotatable bonds is 4. The Balaban J connectivity index is 1.78. The molecule has 0 aliphatic carbocycles. The molecule has 3 aliphatic heterocycles. The van der Waals surface area contributed by atoms with Gasteiger partial charge in [-0.3, -0.25) is 0 Å². The number of allylic oxidation sites excluding steroid dienone is 6. The van der Waals surface area contributed by atoms with E-state index in [-0.39, 0.29) is 16.5 Å². The second kappa shape index (κ2) is 9.69. The molecule has 1 aromatic rings. The van der Waals surface area contributed by atoms with E-state index in [1.165, 1.54) is 47.8 Å². The van der Waals surface area contributed by atoms with Crippen LogP contribution in [0, 0.1) is 23.3 Å². The molecule has 0 aromatic heterocycles. The Labute approximate surface area is 224 Å². The van der Waals surface area contributed by atoms with Crippen molar-refractivity contribution in [1.82, 2.24) is 0 Å². The fraction of sp³-hybridized carbons (Fsp3) is 0.500. The van der Waals surface area contributed by atoms with Gasteiger partial charge in [-0.1, -0.05) is 66.4 Å². The highest BCUT2D eigenvalue weighted by molar-refractivity contribution is 6.76.